The molecule has 2 aliphatic heterocycles. The SMILES string of the molecule is O=C(c1ccc(NS(=O)O)cc1F)N1CCN(CC2CCOC2)CC1. The molecule has 2 heterocycles. The Balaban J connectivity index is 1.56. The fraction of sp³-hybridized carbons (Fsp3) is 0.562. The molecule has 1 aromatic rings. The summed E-state index contributed by atoms with van der Waals surface area (Å²) in [6.07, 6.45) is 1.09. The van der Waals surface area contributed by atoms with Gasteiger partial charge in [-0.15, -0.1) is 0 Å². The standard InChI is InChI=1S/C16H22FN3O4S/c17-15-9-13(18-25(22)23)1-2-14(15)16(21)20-6-4-19(5-7-20)10-12-3-8-24-11-12/h1-2,9,12,18H,3-8,10-11H2,(H,22,23). The van der Waals surface area contributed by atoms with E-state index in [-0.39, 0.29) is 17.2 Å². The second-order valence-electron chi connectivity index (χ2n) is 6.37. The van der Waals surface area contributed by atoms with E-state index in [4.69, 9.17) is 9.29 Å². The van der Waals surface area contributed by atoms with Gasteiger partial charge in [0.05, 0.1) is 17.9 Å². The van der Waals surface area contributed by atoms with Crippen molar-refractivity contribution in [3.63, 3.8) is 0 Å². The molecule has 2 aliphatic rings. The summed E-state index contributed by atoms with van der Waals surface area (Å²) < 4.78 is 41.2. The van der Waals surface area contributed by atoms with Crippen LogP contribution >= 0.6 is 0 Å². The molecule has 2 saturated heterocycles. The minimum Gasteiger partial charge on any atom is -0.381 e. The quantitative estimate of drug-likeness (QED) is 0.760. The second-order valence-corrected chi connectivity index (χ2v) is 7.07. The van der Waals surface area contributed by atoms with Gasteiger partial charge in [-0.1, -0.05) is 0 Å². The van der Waals surface area contributed by atoms with Gasteiger partial charge < -0.3 is 9.64 Å². The highest BCUT2D eigenvalue weighted by Gasteiger charge is 2.26. The number of carbonyl (C=O) groups excluding carboxylic acids is 1. The monoisotopic (exact) mass is 371 g/mol. The number of nitrogens with one attached hydrogen (secondary N) is 1. The Morgan fingerprint density at radius 3 is 2.72 bits per heavy atom. The lowest BCUT2D eigenvalue weighted by molar-refractivity contribution is 0.0607. The molecule has 0 aromatic heterocycles. The van der Waals surface area contributed by atoms with E-state index in [0.717, 1.165) is 45.3 Å². The topological polar surface area (TPSA) is 82.1 Å². The number of piperazine rings is 1. The first-order valence-corrected chi connectivity index (χ1v) is 9.40. The van der Waals surface area contributed by atoms with Crippen LogP contribution in [0.4, 0.5) is 10.1 Å². The Morgan fingerprint density at radius 1 is 1.36 bits per heavy atom. The van der Waals surface area contributed by atoms with Crippen LogP contribution < -0.4 is 4.72 Å². The van der Waals surface area contributed by atoms with E-state index in [1.54, 1.807) is 4.90 Å². The van der Waals surface area contributed by atoms with Gasteiger partial charge in [0.15, 0.2) is 0 Å². The van der Waals surface area contributed by atoms with Gasteiger partial charge in [0, 0.05) is 39.3 Å². The van der Waals surface area contributed by atoms with E-state index < -0.39 is 17.1 Å². The average Bonchev–Trinajstić information content (AvgIpc) is 3.07. The second kappa shape index (κ2) is 8.22. The van der Waals surface area contributed by atoms with Crippen molar-refractivity contribution in [3.8, 4) is 0 Å². The van der Waals surface area contributed by atoms with Gasteiger partial charge in [0.1, 0.15) is 5.82 Å². The highest BCUT2D eigenvalue weighted by molar-refractivity contribution is 7.80. The number of benzene rings is 1. The lowest BCUT2D eigenvalue weighted by Crippen LogP contribution is -2.50. The summed E-state index contributed by atoms with van der Waals surface area (Å²) in [6.45, 7) is 5.29. The van der Waals surface area contributed by atoms with Crippen LogP contribution in [-0.4, -0.2) is 70.4 Å². The predicted octanol–water partition coefficient (Wildman–Crippen LogP) is 1.17. The molecule has 9 heteroatoms. The van der Waals surface area contributed by atoms with Crippen molar-refractivity contribution in [1.29, 1.82) is 0 Å². The maximum absolute atomic E-state index is 14.2. The highest BCUT2D eigenvalue weighted by Crippen LogP contribution is 2.19. The summed E-state index contributed by atoms with van der Waals surface area (Å²) >= 11 is -2.28. The Morgan fingerprint density at radius 2 is 2.12 bits per heavy atom. The molecule has 2 unspecified atom stereocenters. The zero-order valence-corrected chi connectivity index (χ0v) is 14.6. The van der Waals surface area contributed by atoms with E-state index in [0.29, 0.717) is 19.0 Å². The molecule has 0 radical (unpaired) electrons. The van der Waals surface area contributed by atoms with Gasteiger partial charge in [0.2, 0.25) is 0 Å². The molecule has 0 saturated carbocycles. The van der Waals surface area contributed by atoms with Gasteiger partial charge in [-0.2, -0.15) is 0 Å². The molecular formula is C16H22FN3O4S. The lowest BCUT2D eigenvalue weighted by atomic mass is 10.1. The highest BCUT2D eigenvalue weighted by atomic mass is 32.2. The average molecular weight is 371 g/mol. The predicted molar refractivity (Wildman–Crippen MR) is 92.1 cm³/mol. The normalized spacial score (nSPS) is 22.8. The van der Waals surface area contributed by atoms with E-state index >= 15 is 0 Å². The summed E-state index contributed by atoms with van der Waals surface area (Å²) in [5.74, 6) is -0.485. The van der Waals surface area contributed by atoms with Gasteiger partial charge in [0.25, 0.3) is 17.2 Å². The number of carbonyl (C=O) groups is 1. The van der Waals surface area contributed by atoms with Crippen LogP contribution in [0.15, 0.2) is 18.2 Å². The van der Waals surface area contributed by atoms with E-state index in [1.807, 2.05) is 0 Å². The number of hydrogen-bond donors (Lipinski definition) is 2. The Bertz CT molecular complexity index is 646. The molecule has 7 nitrogen and oxygen atoms in total. The molecule has 2 atom stereocenters. The third kappa shape index (κ3) is 4.75. The Kier molecular flexibility index (Phi) is 6.00. The third-order valence-corrected chi connectivity index (χ3v) is 5.01. The smallest absolute Gasteiger partial charge is 0.259 e. The number of amides is 1. The molecule has 2 N–H and O–H groups in total. The first kappa shape index (κ1) is 18.2. The summed E-state index contributed by atoms with van der Waals surface area (Å²) in [6, 6.07) is 3.81. The molecule has 1 amide bonds. The van der Waals surface area contributed by atoms with Gasteiger partial charge >= 0.3 is 0 Å². The van der Waals surface area contributed by atoms with Crippen LogP contribution in [0.5, 0.6) is 0 Å². The maximum atomic E-state index is 14.2. The van der Waals surface area contributed by atoms with Crippen molar-refractivity contribution >= 4 is 22.9 Å². The summed E-state index contributed by atoms with van der Waals surface area (Å²) in [7, 11) is 0. The van der Waals surface area contributed by atoms with Crippen LogP contribution in [0, 0.1) is 11.7 Å². The van der Waals surface area contributed by atoms with Crippen molar-refractivity contribution in [3.05, 3.63) is 29.6 Å². The summed E-state index contributed by atoms with van der Waals surface area (Å²) in [5.41, 5.74) is 0.130. The van der Waals surface area contributed by atoms with E-state index in [2.05, 4.69) is 9.62 Å². The zero-order chi connectivity index (χ0) is 17.8. The van der Waals surface area contributed by atoms with Crippen molar-refractivity contribution in [2.75, 3.05) is 50.7 Å². The summed E-state index contributed by atoms with van der Waals surface area (Å²) in [5, 5.41) is 0. The van der Waals surface area contributed by atoms with Crippen LogP contribution in [0.2, 0.25) is 0 Å². The number of hydrogen-bond acceptors (Lipinski definition) is 4. The van der Waals surface area contributed by atoms with Crippen LogP contribution in [0.1, 0.15) is 16.8 Å². The largest absolute Gasteiger partial charge is 0.381 e. The minimum absolute atomic E-state index is 0.0214. The van der Waals surface area contributed by atoms with Crippen molar-refractivity contribution in [2.45, 2.75) is 6.42 Å². The molecular weight excluding hydrogens is 349 g/mol. The van der Waals surface area contributed by atoms with Crippen LogP contribution in [-0.2, 0) is 16.0 Å². The number of ether oxygens (including phenoxy) is 1. The Labute approximate surface area is 148 Å². The van der Waals surface area contributed by atoms with E-state index in [9.17, 15) is 13.4 Å². The molecule has 0 bridgehead atoms. The fourth-order valence-corrected chi connectivity index (χ4v) is 3.58. The Hall–Kier alpha value is -1.55. The maximum Gasteiger partial charge on any atom is 0.259 e. The first-order valence-electron chi connectivity index (χ1n) is 8.29. The molecule has 2 fully saturated rings. The fourth-order valence-electron chi connectivity index (χ4n) is 3.25. The molecule has 3 rings (SSSR count). The molecule has 0 aliphatic carbocycles. The van der Waals surface area contributed by atoms with Crippen LogP contribution in [0.3, 0.4) is 0 Å². The van der Waals surface area contributed by atoms with Gasteiger partial charge in [-0.3, -0.25) is 19.0 Å². The molecule has 25 heavy (non-hydrogen) atoms. The van der Waals surface area contributed by atoms with Crippen molar-refractivity contribution in [1.82, 2.24) is 9.80 Å². The third-order valence-electron chi connectivity index (χ3n) is 4.60. The van der Waals surface area contributed by atoms with Crippen molar-refractivity contribution in [2.24, 2.45) is 5.92 Å². The first-order chi connectivity index (χ1) is 12.0. The van der Waals surface area contributed by atoms with Gasteiger partial charge in [-0.25, -0.2) is 8.60 Å². The molecule has 138 valence electrons. The molecule has 0 spiro atoms. The number of nitrogens with zero attached hydrogens (tertiary/aromatic N) is 2. The summed E-state index contributed by atoms with van der Waals surface area (Å²) in [4.78, 5) is 16.5. The van der Waals surface area contributed by atoms with E-state index in [1.165, 1.54) is 12.1 Å². The van der Waals surface area contributed by atoms with Gasteiger partial charge in [-0.05, 0) is 30.5 Å². The zero-order valence-electron chi connectivity index (χ0n) is 13.8. The molecule has 1 aromatic carbocycles. The lowest BCUT2D eigenvalue weighted by Gasteiger charge is -2.35. The van der Waals surface area contributed by atoms with Crippen molar-refractivity contribution < 1.29 is 22.7 Å². The number of anilines is 1. The number of rotatable bonds is 5. The minimum atomic E-state index is -2.28. The van der Waals surface area contributed by atoms with Crippen LogP contribution in [0.25, 0.3) is 0 Å². The number of halogens is 1.